The summed E-state index contributed by atoms with van der Waals surface area (Å²) in [7, 11) is 0. The molecule has 3 rings (SSSR count). The highest BCUT2D eigenvalue weighted by Gasteiger charge is 2.37. The summed E-state index contributed by atoms with van der Waals surface area (Å²) in [5.74, 6) is 0.185. The molecule has 2 aliphatic rings. The van der Waals surface area contributed by atoms with Gasteiger partial charge in [0.25, 0.3) is 0 Å². The molecule has 1 spiro atoms. The van der Waals surface area contributed by atoms with Crippen molar-refractivity contribution in [2.45, 2.75) is 62.9 Å². The topological polar surface area (TPSA) is 41.1 Å². The zero-order valence-corrected chi connectivity index (χ0v) is 12.8. The molecule has 0 bridgehead atoms. The molecule has 1 aromatic heterocycles. The van der Waals surface area contributed by atoms with Gasteiger partial charge in [-0.3, -0.25) is 4.79 Å². The number of hydrogen-bond donors (Lipinski definition) is 2. The second kappa shape index (κ2) is 6.27. The van der Waals surface area contributed by atoms with E-state index in [0.717, 1.165) is 24.3 Å². The van der Waals surface area contributed by atoms with E-state index in [-0.39, 0.29) is 5.91 Å². The molecule has 2 heterocycles. The first-order valence-electron chi connectivity index (χ1n) is 7.83. The molecule has 1 unspecified atom stereocenters. The Hall–Kier alpha value is -0.870. The number of thiophene rings is 1. The van der Waals surface area contributed by atoms with Crippen molar-refractivity contribution in [2.75, 3.05) is 6.54 Å². The fourth-order valence-corrected chi connectivity index (χ4v) is 4.44. The molecule has 0 radical (unpaired) electrons. The standard InChI is InChI=1S/C16H24N2OS/c19-15(11-14-5-4-10-20-14)18-13-6-9-17-16(12-13)7-2-1-3-8-16/h4-5,10,13,17H,1-3,6-9,11-12H2,(H,18,19). The summed E-state index contributed by atoms with van der Waals surface area (Å²) in [4.78, 5) is 13.3. The van der Waals surface area contributed by atoms with E-state index in [1.165, 1.54) is 32.1 Å². The highest BCUT2D eigenvalue weighted by atomic mass is 32.1. The minimum atomic E-state index is 0.185. The van der Waals surface area contributed by atoms with Gasteiger partial charge in [-0.05, 0) is 43.7 Å². The summed E-state index contributed by atoms with van der Waals surface area (Å²) in [5.41, 5.74) is 0.317. The van der Waals surface area contributed by atoms with Gasteiger partial charge in [0.1, 0.15) is 0 Å². The van der Waals surface area contributed by atoms with Gasteiger partial charge in [0, 0.05) is 16.5 Å². The number of piperidine rings is 1. The molecule has 110 valence electrons. The van der Waals surface area contributed by atoms with Crippen LogP contribution >= 0.6 is 11.3 Å². The van der Waals surface area contributed by atoms with Gasteiger partial charge < -0.3 is 10.6 Å². The Morgan fingerprint density at radius 2 is 2.25 bits per heavy atom. The predicted octanol–water partition coefficient (Wildman–Crippen LogP) is 2.86. The van der Waals surface area contributed by atoms with E-state index in [0.29, 0.717) is 18.0 Å². The van der Waals surface area contributed by atoms with Gasteiger partial charge in [0.15, 0.2) is 0 Å². The number of carbonyl (C=O) groups is 1. The van der Waals surface area contributed by atoms with E-state index < -0.39 is 0 Å². The van der Waals surface area contributed by atoms with Gasteiger partial charge in [0.05, 0.1) is 6.42 Å². The van der Waals surface area contributed by atoms with Crippen LogP contribution in [0.25, 0.3) is 0 Å². The molecule has 1 aliphatic heterocycles. The largest absolute Gasteiger partial charge is 0.353 e. The van der Waals surface area contributed by atoms with Crippen molar-refractivity contribution in [3.05, 3.63) is 22.4 Å². The molecular weight excluding hydrogens is 268 g/mol. The van der Waals surface area contributed by atoms with E-state index >= 15 is 0 Å². The van der Waals surface area contributed by atoms with Crippen molar-refractivity contribution in [3.8, 4) is 0 Å². The van der Waals surface area contributed by atoms with Gasteiger partial charge in [-0.15, -0.1) is 11.3 Å². The molecular formula is C16H24N2OS. The zero-order valence-electron chi connectivity index (χ0n) is 12.0. The van der Waals surface area contributed by atoms with Crippen molar-refractivity contribution in [3.63, 3.8) is 0 Å². The third kappa shape index (κ3) is 3.41. The fraction of sp³-hybridized carbons (Fsp3) is 0.688. The Balaban J connectivity index is 1.53. The number of carbonyl (C=O) groups excluding carboxylic acids is 1. The molecule has 3 nitrogen and oxygen atoms in total. The second-order valence-electron chi connectivity index (χ2n) is 6.28. The summed E-state index contributed by atoms with van der Waals surface area (Å²) in [5, 5.41) is 9.02. The van der Waals surface area contributed by atoms with Gasteiger partial charge in [-0.1, -0.05) is 25.3 Å². The molecule has 1 aliphatic carbocycles. The number of amides is 1. The first-order valence-corrected chi connectivity index (χ1v) is 8.71. The maximum Gasteiger partial charge on any atom is 0.225 e. The molecule has 2 N–H and O–H groups in total. The Morgan fingerprint density at radius 1 is 1.40 bits per heavy atom. The Bertz CT molecular complexity index is 432. The first kappa shape index (κ1) is 14.1. The monoisotopic (exact) mass is 292 g/mol. The molecule has 1 amide bonds. The SMILES string of the molecule is O=C(Cc1cccs1)NC1CCNC2(CCCCC2)C1. The zero-order chi connectivity index (χ0) is 13.8. The van der Waals surface area contributed by atoms with Crippen LogP contribution in [0.1, 0.15) is 49.8 Å². The highest BCUT2D eigenvalue weighted by Crippen LogP contribution is 2.34. The molecule has 0 aromatic carbocycles. The number of nitrogens with one attached hydrogen (secondary N) is 2. The quantitative estimate of drug-likeness (QED) is 0.899. The lowest BCUT2D eigenvalue weighted by Gasteiger charge is -2.44. The molecule has 4 heteroatoms. The van der Waals surface area contributed by atoms with Gasteiger partial charge in [-0.2, -0.15) is 0 Å². The lowest BCUT2D eigenvalue weighted by atomic mass is 9.75. The van der Waals surface area contributed by atoms with Crippen LogP contribution in [0.4, 0.5) is 0 Å². The van der Waals surface area contributed by atoms with Gasteiger partial charge in [-0.25, -0.2) is 0 Å². The maximum absolute atomic E-state index is 12.1. The van der Waals surface area contributed by atoms with Crippen LogP contribution in [0, 0.1) is 0 Å². The van der Waals surface area contributed by atoms with E-state index in [9.17, 15) is 4.79 Å². The summed E-state index contributed by atoms with van der Waals surface area (Å²) in [6.45, 7) is 1.05. The third-order valence-electron chi connectivity index (χ3n) is 4.72. The highest BCUT2D eigenvalue weighted by molar-refractivity contribution is 7.10. The van der Waals surface area contributed by atoms with Crippen LogP contribution in [0.2, 0.25) is 0 Å². The minimum Gasteiger partial charge on any atom is -0.353 e. The molecule has 1 aromatic rings. The van der Waals surface area contributed by atoms with Crippen LogP contribution in [-0.2, 0) is 11.2 Å². The van der Waals surface area contributed by atoms with Crippen molar-refractivity contribution in [1.82, 2.24) is 10.6 Å². The van der Waals surface area contributed by atoms with Crippen molar-refractivity contribution < 1.29 is 4.79 Å². The van der Waals surface area contributed by atoms with E-state index in [1.54, 1.807) is 11.3 Å². The van der Waals surface area contributed by atoms with E-state index in [2.05, 4.69) is 10.6 Å². The molecule has 1 atom stereocenters. The normalized spacial score (nSPS) is 25.5. The smallest absolute Gasteiger partial charge is 0.225 e. The lowest BCUT2D eigenvalue weighted by molar-refractivity contribution is -0.121. The van der Waals surface area contributed by atoms with Crippen molar-refractivity contribution in [1.29, 1.82) is 0 Å². The van der Waals surface area contributed by atoms with E-state index in [1.807, 2.05) is 17.5 Å². The minimum absolute atomic E-state index is 0.185. The summed E-state index contributed by atoms with van der Waals surface area (Å²) in [6.07, 6.45) is 9.33. The number of hydrogen-bond acceptors (Lipinski definition) is 3. The fourth-order valence-electron chi connectivity index (χ4n) is 3.74. The third-order valence-corrected chi connectivity index (χ3v) is 5.60. The van der Waals surface area contributed by atoms with Crippen LogP contribution in [0.15, 0.2) is 17.5 Å². The van der Waals surface area contributed by atoms with Crippen molar-refractivity contribution >= 4 is 17.2 Å². The Kier molecular flexibility index (Phi) is 4.41. The van der Waals surface area contributed by atoms with Crippen LogP contribution in [0.5, 0.6) is 0 Å². The average Bonchev–Trinajstić information content (AvgIpc) is 2.92. The lowest BCUT2D eigenvalue weighted by Crippen LogP contribution is -2.57. The summed E-state index contributed by atoms with van der Waals surface area (Å²) in [6, 6.07) is 4.41. The summed E-state index contributed by atoms with van der Waals surface area (Å²) >= 11 is 1.66. The Labute approximate surface area is 125 Å². The maximum atomic E-state index is 12.1. The predicted molar refractivity (Wildman–Crippen MR) is 83.0 cm³/mol. The van der Waals surface area contributed by atoms with Crippen LogP contribution in [0.3, 0.4) is 0 Å². The van der Waals surface area contributed by atoms with E-state index in [4.69, 9.17) is 0 Å². The van der Waals surface area contributed by atoms with Gasteiger partial charge in [0.2, 0.25) is 5.91 Å². The molecule has 2 fully saturated rings. The van der Waals surface area contributed by atoms with Crippen LogP contribution in [-0.4, -0.2) is 24.0 Å². The van der Waals surface area contributed by atoms with Crippen molar-refractivity contribution in [2.24, 2.45) is 0 Å². The summed E-state index contributed by atoms with van der Waals surface area (Å²) < 4.78 is 0. The molecule has 20 heavy (non-hydrogen) atoms. The Morgan fingerprint density at radius 3 is 3.00 bits per heavy atom. The average molecular weight is 292 g/mol. The first-order chi connectivity index (χ1) is 9.76. The number of rotatable bonds is 3. The van der Waals surface area contributed by atoms with Gasteiger partial charge >= 0.3 is 0 Å². The molecule has 1 saturated carbocycles. The molecule has 1 saturated heterocycles. The van der Waals surface area contributed by atoms with Crippen LogP contribution < -0.4 is 10.6 Å². The second-order valence-corrected chi connectivity index (χ2v) is 7.31.